The number of hydrogen-bond acceptors (Lipinski definition) is 11. The van der Waals surface area contributed by atoms with E-state index >= 15 is 0 Å². The molecule has 14 nitrogen and oxygen atoms in total. The molecule has 0 aliphatic carbocycles. The lowest BCUT2D eigenvalue weighted by atomic mass is 10.1. The van der Waals surface area contributed by atoms with E-state index in [0.717, 1.165) is 4.90 Å². The van der Waals surface area contributed by atoms with Crippen molar-refractivity contribution in [3.63, 3.8) is 0 Å². The van der Waals surface area contributed by atoms with E-state index in [1.165, 1.54) is 6.92 Å². The lowest BCUT2D eigenvalue weighted by Crippen LogP contribution is -2.41. The van der Waals surface area contributed by atoms with Crippen LogP contribution in [-0.2, 0) is 9.53 Å². The zero-order valence-electron chi connectivity index (χ0n) is 20.8. The molecule has 0 saturated carbocycles. The smallest absolute Gasteiger partial charge is 0.253 e. The summed E-state index contributed by atoms with van der Waals surface area (Å²) in [6, 6.07) is 0. The minimum Gasteiger partial charge on any atom is -0.394 e. The fraction of sp³-hybridized carbons (Fsp3) is 0.591. The molecule has 222 valence electrons. The molecule has 39 heavy (non-hydrogen) atoms. The first kappa shape index (κ1) is 36.5. The van der Waals surface area contributed by atoms with E-state index < -0.39 is 68.6 Å². The molecular weight excluding hydrogens is 863 g/mol. The number of aliphatic hydroxyl groups is 7. The quantitative estimate of drug-likeness (QED) is 0.0806. The van der Waals surface area contributed by atoms with Crippen molar-refractivity contribution >= 4 is 91.2 Å². The van der Waals surface area contributed by atoms with Gasteiger partial charge in [0.25, 0.3) is 11.8 Å². The van der Waals surface area contributed by atoms with Gasteiger partial charge in [-0.15, -0.1) is 0 Å². The van der Waals surface area contributed by atoms with Crippen LogP contribution in [0.4, 0.5) is 5.69 Å². The summed E-state index contributed by atoms with van der Waals surface area (Å²) in [5, 5.41) is 71.1. The van der Waals surface area contributed by atoms with Gasteiger partial charge < -0.3 is 56.0 Å². The maximum atomic E-state index is 13.4. The van der Waals surface area contributed by atoms with Gasteiger partial charge in [-0.25, -0.2) is 0 Å². The van der Waals surface area contributed by atoms with Crippen LogP contribution >= 0.6 is 67.8 Å². The highest BCUT2D eigenvalue weighted by Crippen LogP contribution is 2.38. The van der Waals surface area contributed by atoms with Gasteiger partial charge in [-0.1, -0.05) is 0 Å². The molecule has 0 bridgehead atoms. The van der Waals surface area contributed by atoms with Crippen LogP contribution in [0.15, 0.2) is 0 Å². The molecule has 4 atom stereocenters. The van der Waals surface area contributed by atoms with E-state index in [9.17, 15) is 39.9 Å². The number of aliphatic hydroxyl groups excluding tert-OH is 7. The Labute approximate surface area is 265 Å². The lowest BCUT2D eigenvalue weighted by Gasteiger charge is -2.28. The molecule has 9 N–H and O–H groups in total. The maximum absolute atomic E-state index is 13.4. The Morgan fingerprint density at radius 1 is 0.769 bits per heavy atom. The van der Waals surface area contributed by atoms with Crippen molar-refractivity contribution in [2.24, 2.45) is 0 Å². The summed E-state index contributed by atoms with van der Waals surface area (Å²) in [7, 11) is 0. The predicted molar refractivity (Wildman–Crippen MR) is 163 cm³/mol. The van der Waals surface area contributed by atoms with Crippen molar-refractivity contribution < 1.29 is 54.9 Å². The highest BCUT2D eigenvalue weighted by molar-refractivity contribution is 14.1. The fourth-order valence-corrected chi connectivity index (χ4v) is 7.80. The third kappa shape index (κ3) is 10.7. The van der Waals surface area contributed by atoms with Gasteiger partial charge in [-0.05, 0) is 67.8 Å². The summed E-state index contributed by atoms with van der Waals surface area (Å²) < 4.78 is 6.00. The van der Waals surface area contributed by atoms with Crippen molar-refractivity contribution in [2.75, 3.05) is 57.6 Å². The number of anilines is 1. The molecule has 1 aromatic rings. The number of hydrogen-bond donors (Lipinski definition) is 9. The average molecular weight is 895 g/mol. The minimum atomic E-state index is -1.31. The van der Waals surface area contributed by atoms with E-state index in [1.54, 1.807) is 22.6 Å². The molecule has 0 saturated heterocycles. The summed E-state index contributed by atoms with van der Waals surface area (Å²) in [6.07, 6.45) is -4.65. The van der Waals surface area contributed by atoms with Gasteiger partial charge in [0.1, 0.15) is 6.10 Å². The Hall–Kier alpha value is -0.500. The Bertz CT molecular complexity index is 1000. The second-order valence-corrected chi connectivity index (χ2v) is 11.5. The molecule has 0 aliphatic rings. The number of amides is 3. The number of benzene rings is 1. The Morgan fingerprint density at radius 2 is 1.26 bits per heavy atom. The number of halogens is 3. The molecule has 0 spiro atoms. The molecule has 0 heterocycles. The maximum Gasteiger partial charge on any atom is 0.253 e. The van der Waals surface area contributed by atoms with Crippen molar-refractivity contribution in [2.45, 2.75) is 31.3 Å². The second kappa shape index (κ2) is 18.1. The predicted octanol–water partition coefficient (Wildman–Crippen LogP) is -2.25. The van der Waals surface area contributed by atoms with Gasteiger partial charge in [0.2, 0.25) is 5.91 Å². The van der Waals surface area contributed by atoms with Gasteiger partial charge in [0.15, 0.2) is 0 Å². The molecule has 17 heteroatoms. The number of nitrogens with zero attached hydrogens (tertiary/aromatic N) is 1. The van der Waals surface area contributed by atoms with E-state index in [-0.39, 0.29) is 53.8 Å². The van der Waals surface area contributed by atoms with E-state index in [1.807, 2.05) is 45.2 Å². The number of nitrogens with one attached hydrogen (secondary N) is 2. The fourth-order valence-electron chi connectivity index (χ4n) is 3.07. The number of carbonyl (C=O) groups excluding carboxylic acids is 3. The Balaban J connectivity index is 3.59. The van der Waals surface area contributed by atoms with Crippen LogP contribution in [0.2, 0.25) is 0 Å². The molecule has 0 fully saturated rings. The van der Waals surface area contributed by atoms with Crippen LogP contribution in [0.25, 0.3) is 0 Å². The van der Waals surface area contributed by atoms with E-state index in [2.05, 4.69) is 10.6 Å². The molecule has 0 radical (unpaired) electrons. The summed E-state index contributed by atoms with van der Waals surface area (Å²) in [4.78, 5) is 40.3. The van der Waals surface area contributed by atoms with Crippen LogP contribution in [0, 0.1) is 10.7 Å². The van der Waals surface area contributed by atoms with Crippen LogP contribution in [0.5, 0.6) is 0 Å². The topological polar surface area (TPSA) is 229 Å². The largest absolute Gasteiger partial charge is 0.394 e. The lowest BCUT2D eigenvalue weighted by molar-refractivity contribution is -0.117. The first-order chi connectivity index (χ1) is 18.3. The summed E-state index contributed by atoms with van der Waals surface area (Å²) >= 11 is 5.46. The molecule has 0 aromatic heterocycles. The van der Waals surface area contributed by atoms with Gasteiger partial charge in [-0.3, -0.25) is 14.4 Å². The number of carbonyl (C=O) groups is 3. The monoisotopic (exact) mass is 895 g/mol. The summed E-state index contributed by atoms with van der Waals surface area (Å²) in [6.45, 7) is -2.20. The zero-order chi connectivity index (χ0) is 29.9. The van der Waals surface area contributed by atoms with E-state index in [0.29, 0.717) is 0 Å². The highest BCUT2D eigenvalue weighted by atomic mass is 127. The number of ether oxygens (including phenoxy) is 1. The molecule has 4 unspecified atom stereocenters. The SMILES string of the molecule is CC(=O)N(CC(O)CO)c1c(I)c(C(=O)NCC(O)CO)c(I)c(C(=O)NCC(CO)OCC(O)CO)c1I. The first-order valence-corrected chi connectivity index (χ1v) is 14.7. The van der Waals surface area contributed by atoms with E-state index in [4.69, 9.17) is 14.9 Å². The van der Waals surface area contributed by atoms with Crippen molar-refractivity contribution in [1.82, 2.24) is 10.6 Å². The minimum absolute atomic E-state index is 0.00343. The van der Waals surface area contributed by atoms with Crippen LogP contribution in [0.1, 0.15) is 27.6 Å². The van der Waals surface area contributed by atoms with Crippen molar-refractivity contribution in [3.05, 3.63) is 21.8 Å². The zero-order valence-corrected chi connectivity index (χ0v) is 27.3. The van der Waals surface area contributed by atoms with Crippen molar-refractivity contribution in [1.29, 1.82) is 0 Å². The second-order valence-electron chi connectivity index (χ2n) is 8.24. The molecule has 1 rings (SSSR count). The van der Waals surface area contributed by atoms with Gasteiger partial charge in [0, 0.05) is 23.6 Å². The van der Waals surface area contributed by atoms with Gasteiger partial charge in [0.05, 0.1) is 81.8 Å². The Kier molecular flexibility index (Phi) is 17.0. The first-order valence-electron chi connectivity index (χ1n) is 11.5. The standard InChI is InChI=1S/C22H32I3N3O11/c1-10(33)28(4-12(35)6-30)20-18(24)15(21(37)26-2-11(34)5-29)17(23)16(19(20)25)22(38)27-3-14(8-32)39-9-13(36)7-31/h11-14,29-32,34-36H,2-9H2,1H3,(H,26,37)(H,27,38). The molecule has 3 amide bonds. The summed E-state index contributed by atoms with van der Waals surface area (Å²) in [5.41, 5.74) is 0.125. The highest BCUT2D eigenvalue weighted by Gasteiger charge is 2.32. The van der Waals surface area contributed by atoms with Crippen LogP contribution < -0.4 is 15.5 Å². The molecule has 1 aromatic carbocycles. The third-order valence-corrected chi connectivity index (χ3v) is 8.32. The average Bonchev–Trinajstić information content (AvgIpc) is 2.90. The molecule has 0 aliphatic heterocycles. The number of rotatable bonds is 16. The van der Waals surface area contributed by atoms with Crippen LogP contribution in [0.3, 0.4) is 0 Å². The molecular formula is C22H32I3N3O11. The third-order valence-electron chi connectivity index (χ3n) is 5.14. The van der Waals surface area contributed by atoms with Crippen molar-refractivity contribution in [3.8, 4) is 0 Å². The summed E-state index contributed by atoms with van der Waals surface area (Å²) in [5.74, 6) is -1.94. The normalized spacial score (nSPS) is 14.3. The van der Waals surface area contributed by atoms with Gasteiger partial charge in [-0.2, -0.15) is 0 Å². The van der Waals surface area contributed by atoms with Gasteiger partial charge >= 0.3 is 0 Å². The van der Waals surface area contributed by atoms with Crippen LogP contribution in [-0.4, -0.2) is 131 Å². The Morgan fingerprint density at radius 3 is 1.69 bits per heavy atom.